The van der Waals surface area contributed by atoms with Gasteiger partial charge >= 0.3 is 0 Å². The number of hydrogen-bond donors (Lipinski definition) is 1. The lowest BCUT2D eigenvalue weighted by atomic mass is 9.87. The van der Waals surface area contributed by atoms with Gasteiger partial charge in [0.1, 0.15) is 5.82 Å². The maximum absolute atomic E-state index is 12.3. The highest BCUT2D eigenvalue weighted by Crippen LogP contribution is 2.24. The van der Waals surface area contributed by atoms with E-state index in [1.54, 1.807) is 12.1 Å². The summed E-state index contributed by atoms with van der Waals surface area (Å²) in [6.45, 7) is 6.20. The topological polar surface area (TPSA) is 72.0 Å². The van der Waals surface area contributed by atoms with E-state index in [9.17, 15) is 8.42 Å². The SMILES string of the molecule is CC(C)(C)c1ccc(S(=O)(=O)Nc2ccnc(Cl)n2)cc1. The van der Waals surface area contributed by atoms with E-state index in [0.717, 1.165) is 5.56 Å². The van der Waals surface area contributed by atoms with Crippen molar-refractivity contribution in [2.24, 2.45) is 0 Å². The molecule has 0 radical (unpaired) electrons. The van der Waals surface area contributed by atoms with Gasteiger partial charge in [-0.2, -0.15) is 4.98 Å². The minimum Gasteiger partial charge on any atom is -0.263 e. The molecule has 7 heteroatoms. The highest BCUT2D eigenvalue weighted by molar-refractivity contribution is 7.92. The van der Waals surface area contributed by atoms with Crippen molar-refractivity contribution in [2.75, 3.05) is 4.72 Å². The summed E-state index contributed by atoms with van der Waals surface area (Å²) in [5.74, 6) is 0.134. The van der Waals surface area contributed by atoms with Crippen LogP contribution in [-0.2, 0) is 15.4 Å². The summed E-state index contributed by atoms with van der Waals surface area (Å²) in [5.41, 5.74) is 1.03. The largest absolute Gasteiger partial charge is 0.263 e. The Morgan fingerprint density at radius 3 is 2.24 bits per heavy atom. The normalized spacial score (nSPS) is 12.2. The molecular weight excluding hydrogens is 310 g/mol. The van der Waals surface area contributed by atoms with Gasteiger partial charge in [0.15, 0.2) is 0 Å². The highest BCUT2D eigenvalue weighted by atomic mass is 35.5. The number of hydrogen-bond acceptors (Lipinski definition) is 4. The zero-order chi connectivity index (χ0) is 15.7. The second-order valence-electron chi connectivity index (χ2n) is 5.59. The van der Waals surface area contributed by atoms with Crippen molar-refractivity contribution in [3.05, 3.63) is 47.4 Å². The fourth-order valence-electron chi connectivity index (χ4n) is 1.72. The first kappa shape index (κ1) is 15.7. The maximum atomic E-state index is 12.3. The Hall–Kier alpha value is -1.66. The smallest absolute Gasteiger partial charge is 0.263 e. The fourth-order valence-corrected chi connectivity index (χ4v) is 2.87. The van der Waals surface area contributed by atoms with Gasteiger partial charge in [-0.3, -0.25) is 4.72 Å². The first-order valence-electron chi connectivity index (χ1n) is 6.30. The van der Waals surface area contributed by atoms with Crippen LogP contribution in [0.3, 0.4) is 0 Å². The number of halogens is 1. The molecule has 0 aliphatic heterocycles. The number of nitrogens with one attached hydrogen (secondary N) is 1. The van der Waals surface area contributed by atoms with Gasteiger partial charge in [0, 0.05) is 6.20 Å². The molecule has 1 aromatic carbocycles. The van der Waals surface area contributed by atoms with E-state index in [2.05, 4.69) is 35.5 Å². The van der Waals surface area contributed by atoms with Crippen LogP contribution in [0, 0.1) is 0 Å². The van der Waals surface area contributed by atoms with E-state index in [1.807, 2.05) is 12.1 Å². The van der Waals surface area contributed by atoms with Gasteiger partial charge < -0.3 is 0 Å². The molecule has 1 heterocycles. The van der Waals surface area contributed by atoms with Crippen molar-refractivity contribution >= 4 is 27.4 Å². The van der Waals surface area contributed by atoms with Crippen LogP contribution in [0.15, 0.2) is 41.4 Å². The molecule has 5 nitrogen and oxygen atoms in total. The summed E-state index contributed by atoms with van der Waals surface area (Å²) < 4.78 is 26.9. The van der Waals surface area contributed by atoms with Crippen LogP contribution in [0.1, 0.15) is 26.3 Å². The molecule has 112 valence electrons. The van der Waals surface area contributed by atoms with Gasteiger partial charge in [-0.25, -0.2) is 13.4 Å². The number of sulfonamides is 1. The van der Waals surface area contributed by atoms with E-state index < -0.39 is 10.0 Å². The Morgan fingerprint density at radius 2 is 1.71 bits per heavy atom. The number of rotatable bonds is 3. The molecule has 21 heavy (non-hydrogen) atoms. The van der Waals surface area contributed by atoms with Crippen molar-refractivity contribution in [3.63, 3.8) is 0 Å². The van der Waals surface area contributed by atoms with Gasteiger partial charge in [0.25, 0.3) is 10.0 Å². The first-order chi connectivity index (χ1) is 9.68. The van der Waals surface area contributed by atoms with E-state index >= 15 is 0 Å². The van der Waals surface area contributed by atoms with Crippen LogP contribution >= 0.6 is 11.6 Å². The van der Waals surface area contributed by atoms with Crippen molar-refractivity contribution in [1.29, 1.82) is 0 Å². The molecular formula is C14H16ClN3O2S. The Bertz CT molecular complexity index is 738. The van der Waals surface area contributed by atoms with E-state index in [4.69, 9.17) is 11.6 Å². The van der Waals surface area contributed by atoms with Crippen molar-refractivity contribution in [2.45, 2.75) is 31.1 Å². The molecule has 0 unspecified atom stereocenters. The van der Waals surface area contributed by atoms with Crippen LogP contribution < -0.4 is 4.72 Å². The van der Waals surface area contributed by atoms with Crippen LogP contribution in [0.5, 0.6) is 0 Å². The molecule has 0 bridgehead atoms. The summed E-state index contributed by atoms with van der Waals surface area (Å²) in [6.07, 6.45) is 1.38. The fraction of sp³-hybridized carbons (Fsp3) is 0.286. The lowest BCUT2D eigenvalue weighted by molar-refractivity contribution is 0.587. The van der Waals surface area contributed by atoms with Crippen molar-refractivity contribution in [3.8, 4) is 0 Å². The molecule has 1 aromatic heterocycles. The Kier molecular flexibility index (Phi) is 4.20. The zero-order valence-corrected chi connectivity index (χ0v) is 13.5. The summed E-state index contributed by atoms with van der Waals surface area (Å²) in [4.78, 5) is 7.68. The average Bonchev–Trinajstić information content (AvgIpc) is 2.37. The Morgan fingerprint density at radius 1 is 1.10 bits per heavy atom. The molecule has 0 amide bonds. The highest BCUT2D eigenvalue weighted by Gasteiger charge is 2.18. The Balaban J connectivity index is 2.28. The van der Waals surface area contributed by atoms with Gasteiger partial charge in [-0.1, -0.05) is 32.9 Å². The summed E-state index contributed by atoms with van der Waals surface area (Å²) in [6, 6.07) is 8.20. The van der Waals surface area contributed by atoms with Gasteiger partial charge in [0.2, 0.25) is 5.28 Å². The van der Waals surface area contributed by atoms with Crippen molar-refractivity contribution in [1.82, 2.24) is 9.97 Å². The number of nitrogens with zero attached hydrogens (tertiary/aromatic N) is 2. The third-order valence-corrected chi connectivity index (χ3v) is 4.45. The number of aromatic nitrogens is 2. The molecule has 0 saturated carbocycles. The maximum Gasteiger partial charge on any atom is 0.263 e. The molecule has 1 N–H and O–H groups in total. The molecule has 0 fully saturated rings. The lowest BCUT2D eigenvalue weighted by Gasteiger charge is -2.19. The van der Waals surface area contributed by atoms with Crippen molar-refractivity contribution < 1.29 is 8.42 Å². The molecule has 0 atom stereocenters. The van der Waals surface area contributed by atoms with Crippen LogP contribution in [0.2, 0.25) is 5.28 Å². The van der Waals surface area contributed by atoms with E-state index in [1.165, 1.54) is 12.3 Å². The number of anilines is 1. The third-order valence-electron chi connectivity index (χ3n) is 2.90. The number of benzene rings is 1. The summed E-state index contributed by atoms with van der Waals surface area (Å²) in [7, 11) is -3.69. The molecule has 0 aliphatic rings. The molecule has 2 aromatic rings. The molecule has 0 saturated heterocycles. The van der Waals surface area contributed by atoms with Crippen LogP contribution in [-0.4, -0.2) is 18.4 Å². The van der Waals surface area contributed by atoms with Crippen LogP contribution in [0.4, 0.5) is 5.82 Å². The second-order valence-corrected chi connectivity index (χ2v) is 7.61. The van der Waals surface area contributed by atoms with E-state index in [0.29, 0.717) is 0 Å². The summed E-state index contributed by atoms with van der Waals surface area (Å²) in [5, 5.41) is -0.0155. The van der Waals surface area contributed by atoms with Gasteiger partial charge in [-0.15, -0.1) is 0 Å². The minimum atomic E-state index is -3.69. The molecule has 0 spiro atoms. The summed E-state index contributed by atoms with van der Waals surface area (Å²) >= 11 is 5.63. The van der Waals surface area contributed by atoms with Gasteiger partial charge in [-0.05, 0) is 40.8 Å². The molecule has 2 rings (SSSR count). The zero-order valence-electron chi connectivity index (χ0n) is 12.0. The standard InChI is InChI=1S/C14H16ClN3O2S/c1-14(2,3)10-4-6-11(7-5-10)21(19,20)18-12-8-9-16-13(15)17-12/h4-9H,1-3H3,(H,16,17,18). The predicted molar refractivity (Wildman–Crippen MR) is 83.0 cm³/mol. The quantitative estimate of drug-likeness (QED) is 0.879. The predicted octanol–water partition coefficient (Wildman–Crippen LogP) is 3.23. The monoisotopic (exact) mass is 325 g/mol. The van der Waals surface area contributed by atoms with E-state index in [-0.39, 0.29) is 21.4 Å². The van der Waals surface area contributed by atoms with Crippen LogP contribution in [0.25, 0.3) is 0 Å². The second kappa shape index (κ2) is 5.61. The van der Waals surface area contributed by atoms with Gasteiger partial charge in [0.05, 0.1) is 4.90 Å². The molecule has 0 aliphatic carbocycles. The average molecular weight is 326 g/mol. The minimum absolute atomic E-state index is 0.0155. The third kappa shape index (κ3) is 3.92. The Labute approximate surface area is 129 Å². The lowest BCUT2D eigenvalue weighted by Crippen LogP contribution is -2.15. The first-order valence-corrected chi connectivity index (χ1v) is 8.16.